The van der Waals surface area contributed by atoms with E-state index in [4.69, 9.17) is 19.8 Å². The number of nitrogens with one attached hydrogen (secondary N) is 1. The van der Waals surface area contributed by atoms with E-state index in [1.165, 1.54) is 5.56 Å². The molecule has 0 spiro atoms. The highest BCUT2D eigenvalue weighted by Crippen LogP contribution is 2.48. The molecule has 0 saturated heterocycles. The normalized spacial score (nSPS) is 15.3. The zero-order valence-corrected chi connectivity index (χ0v) is 22.9. The number of phenols is 1. The molecule has 0 radical (unpaired) electrons. The van der Waals surface area contributed by atoms with Crippen molar-refractivity contribution in [3.05, 3.63) is 119 Å². The molecule has 3 heterocycles. The average molecular weight is 541 g/mol. The lowest BCUT2D eigenvalue weighted by molar-refractivity contribution is 0.415. The molecule has 0 aliphatic carbocycles. The molecule has 8 heteroatoms. The Kier molecular flexibility index (Phi) is 5.82. The topological polar surface area (TPSA) is 87.3 Å². The molecule has 5 aromatic rings. The Morgan fingerprint density at radius 1 is 0.854 bits per heavy atom. The van der Waals surface area contributed by atoms with E-state index in [1.807, 2.05) is 72.3 Å². The standard InChI is InChI=1S/C33H28N6O2/c1-20-11-15-24(16-12-20)39-32-29(21(2)37-39)30(22-7-6-8-25(40)19-22)38-28-10-5-4-9-27(28)35-31(33(38)36-32)34-23-13-17-26(41-3)18-14-23/h4-19,30,40H,1-3H3,(H,34,35)/t30-/m0/s1. The number of hydrogen-bond donors (Lipinski definition) is 2. The number of benzene rings is 4. The van der Waals surface area contributed by atoms with Crippen LogP contribution in [0.2, 0.25) is 0 Å². The van der Waals surface area contributed by atoms with Crippen LogP contribution in [0, 0.1) is 13.8 Å². The molecule has 0 saturated carbocycles. The van der Waals surface area contributed by atoms with Crippen LogP contribution >= 0.6 is 0 Å². The highest BCUT2D eigenvalue weighted by Gasteiger charge is 2.41. The Hall–Kier alpha value is -5.37. The van der Waals surface area contributed by atoms with E-state index >= 15 is 0 Å². The lowest BCUT2D eigenvalue weighted by Crippen LogP contribution is -2.46. The van der Waals surface area contributed by atoms with Crippen LogP contribution in [-0.4, -0.2) is 33.7 Å². The van der Waals surface area contributed by atoms with E-state index in [1.54, 1.807) is 13.2 Å². The molecule has 2 aliphatic rings. The van der Waals surface area contributed by atoms with Crippen LogP contribution < -0.4 is 15.0 Å². The van der Waals surface area contributed by atoms with E-state index in [-0.39, 0.29) is 11.8 Å². The van der Waals surface area contributed by atoms with Gasteiger partial charge in [0.15, 0.2) is 17.5 Å². The zero-order valence-electron chi connectivity index (χ0n) is 22.9. The number of methoxy groups -OCH3 is 1. The summed E-state index contributed by atoms with van der Waals surface area (Å²) in [5.41, 5.74) is 7.45. The first kappa shape index (κ1) is 24.7. The summed E-state index contributed by atoms with van der Waals surface area (Å²) in [6, 6.07) is 31.1. The van der Waals surface area contributed by atoms with Crippen molar-refractivity contribution in [2.75, 3.05) is 17.3 Å². The van der Waals surface area contributed by atoms with Crippen molar-refractivity contribution >= 4 is 34.6 Å². The summed E-state index contributed by atoms with van der Waals surface area (Å²) in [4.78, 5) is 12.5. The molecule has 202 valence electrons. The number of para-hydroxylation sites is 2. The van der Waals surface area contributed by atoms with Crippen LogP contribution in [-0.2, 0) is 0 Å². The Morgan fingerprint density at radius 3 is 2.39 bits per heavy atom. The molecule has 0 unspecified atom stereocenters. The minimum Gasteiger partial charge on any atom is -0.508 e. The van der Waals surface area contributed by atoms with Crippen LogP contribution in [0.5, 0.6) is 11.5 Å². The summed E-state index contributed by atoms with van der Waals surface area (Å²) in [6.45, 7) is 4.08. The maximum atomic E-state index is 10.5. The number of amidine groups is 2. The molecule has 0 amide bonds. The van der Waals surface area contributed by atoms with Crippen molar-refractivity contribution in [2.45, 2.75) is 19.9 Å². The van der Waals surface area contributed by atoms with Gasteiger partial charge in [0.2, 0.25) is 0 Å². The van der Waals surface area contributed by atoms with Gasteiger partial charge < -0.3 is 20.1 Å². The van der Waals surface area contributed by atoms with E-state index in [2.05, 4.69) is 47.5 Å². The molecule has 7 rings (SSSR count). The number of rotatable bonds is 4. The zero-order chi connectivity index (χ0) is 28.1. The fraction of sp³-hybridized carbons (Fsp3) is 0.121. The number of phenolic OH excluding ortho intramolecular Hbond substituents is 1. The summed E-state index contributed by atoms with van der Waals surface area (Å²) in [5.74, 6) is 2.98. The first-order valence-corrected chi connectivity index (χ1v) is 13.4. The van der Waals surface area contributed by atoms with Crippen molar-refractivity contribution in [1.29, 1.82) is 0 Å². The van der Waals surface area contributed by atoms with Gasteiger partial charge in [0.1, 0.15) is 11.5 Å². The molecule has 0 fully saturated rings. The molecule has 2 aliphatic heterocycles. The Labute approximate surface area is 237 Å². The summed E-state index contributed by atoms with van der Waals surface area (Å²) in [7, 11) is 1.65. The predicted molar refractivity (Wildman–Crippen MR) is 163 cm³/mol. The van der Waals surface area contributed by atoms with Crippen LogP contribution in [0.3, 0.4) is 0 Å². The fourth-order valence-corrected chi connectivity index (χ4v) is 5.49. The second-order valence-corrected chi connectivity index (χ2v) is 10.2. The van der Waals surface area contributed by atoms with Gasteiger partial charge in [0, 0.05) is 11.3 Å². The number of aromatic nitrogens is 2. The molecule has 1 atom stereocenters. The quantitative estimate of drug-likeness (QED) is 0.256. The number of anilines is 2. The summed E-state index contributed by atoms with van der Waals surface area (Å²) < 4.78 is 7.25. The number of aryl methyl sites for hydroxylation is 2. The number of aromatic hydroxyl groups is 1. The first-order valence-electron chi connectivity index (χ1n) is 13.4. The predicted octanol–water partition coefficient (Wildman–Crippen LogP) is 7.00. The Bertz CT molecular complexity index is 1840. The lowest BCUT2D eigenvalue weighted by Gasteiger charge is -2.40. The van der Waals surface area contributed by atoms with Gasteiger partial charge in [-0.05, 0) is 80.1 Å². The first-order chi connectivity index (χ1) is 20.0. The van der Waals surface area contributed by atoms with Gasteiger partial charge in [-0.15, -0.1) is 0 Å². The number of aliphatic imine (C=N–C) groups is 2. The Morgan fingerprint density at radius 2 is 1.63 bits per heavy atom. The van der Waals surface area contributed by atoms with Crippen LogP contribution in [0.25, 0.3) is 5.69 Å². The monoisotopic (exact) mass is 540 g/mol. The largest absolute Gasteiger partial charge is 0.508 e. The third kappa shape index (κ3) is 4.21. The van der Waals surface area contributed by atoms with Gasteiger partial charge in [-0.25, -0.2) is 14.7 Å². The van der Waals surface area contributed by atoms with E-state index in [9.17, 15) is 5.11 Å². The van der Waals surface area contributed by atoms with Gasteiger partial charge in [-0.1, -0.05) is 42.0 Å². The van der Waals surface area contributed by atoms with E-state index < -0.39 is 0 Å². The SMILES string of the molecule is COc1ccc(NC2=Nc3ccccc3N3C2=Nc2c(c(C)nn2-c2ccc(C)cc2)[C@@H]3c2cccc(O)c2)cc1. The average Bonchev–Trinajstić information content (AvgIpc) is 3.32. The summed E-state index contributed by atoms with van der Waals surface area (Å²) in [5, 5.41) is 19.0. The third-order valence-corrected chi connectivity index (χ3v) is 7.46. The Balaban J connectivity index is 1.47. The number of nitrogens with zero attached hydrogens (tertiary/aromatic N) is 5. The highest BCUT2D eigenvalue weighted by molar-refractivity contribution is 6.51. The highest BCUT2D eigenvalue weighted by atomic mass is 16.5. The minimum absolute atomic E-state index is 0.201. The van der Waals surface area contributed by atoms with Gasteiger partial charge in [0.25, 0.3) is 0 Å². The van der Waals surface area contributed by atoms with Crippen LogP contribution in [0.4, 0.5) is 22.9 Å². The van der Waals surface area contributed by atoms with E-state index in [0.717, 1.165) is 51.1 Å². The maximum absolute atomic E-state index is 10.5. The molecule has 0 bridgehead atoms. The molecule has 2 N–H and O–H groups in total. The second-order valence-electron chi connectivity index (χ2n) is 10.2. The molecule has 8 nitrogen and oxygen atoms in total. The number of ether oxygens (including phenoxy) is 1. The second kappa shape index (κ2) is 9.67. The molecule has 41 heavy (non-hydrogen) atoms. The van der Waals surface area contributed by atoms with Crippen LogP contribution in [0.1, 0.15) is 28.4 Å². The number of fused-ring (bicyclic) bond motifs is 4. The third-order valence-electron chi connectivity index (χ3n) is 7.46. The lowest BCUT2D eigenvalue weighted by atomic mass is 9.93. The molecular weight excluding hydrogens is 512 g/mol. The van der Waals surface area contributed by atoms with Gasteiger partial charge in [-0.3, -0.25) is 0 Å². The summed E-state index contributed by atoms with van der Waals surface area (Å²) in [6.07, 6.45) is 0. The van der Waals surface area contributed by atoms with Crippen molar-refractivity contribution in [1.82, 2.24) is 9.78 Å². The van der Waals surface area contributed by atoms with Gasteiger partial charge in [0.05, 0.1) is 35.9 Å². The van der Waals surface area contributed by atoms with Crippen molar-refractivity contribution in [3.8, 4) is 17.2 Å². The number of hydrogen-bond acceptors (Lipinski definition) is 7. The van der Waals surface area contributed by atoms with Gasteiger partial charge >= 0.3 is 0 Å². The fourth-order valence-electron chi connectivity index (χ4n) is 5.49. The minimum atomic E-state index is -0.312. The van der Waals surface area contributed by atoms with Crippen molar-refractivity contribution < 1.29 is 9.84 Å². The van der Waals surface area contributed by atoms with E-state index in [0.29, 0.717) is 11.7 Å². The molecule has 4 aromatic carbocycles. The smallest absolute Gasteiger partial charge is 0.179 e. The molecule has 1 aromatic heterocycles. The maximum Gasteiger partial charge on any atom is 0.179 e. The summed E-state index contributed by atoms with van der Waals surface area (Å²) >= 11 is 0. The van der Waals surface area contributed by atoms with Crippen molar-refractivity contribution in [3.63, 3.8) is 0 Å². The van der Waals surface area contributed by atoms with Crippen molar-refractivity contribution in [2.24, 2.45) is 9.98 Å². The van der Waals surface area contributed by atoms with Crippen LogP contribution in [0.15, 0.2) is 107 Å². The molecular formula is C33H28N6O2. The van der Waals surface area contributed by atoms with Gasteiger partial charge in [-0.2, -0.15) is 5.10 Å².